The highest BCUT2D eigenvalue weighted by Crippen LogP contribution is 2.30. The van der Waals surface area contributed by atoms with Gasteiger partial charge >= 0.3 is 5.97 Å². The van der Waals surface area contributed by atoms with Crippen LogP contribution in [0.1, 0.15) is 37.5 Å². The molecule has 0 saturated heterocycles. The number of hydrogen-bond acceptors (Lipinski definition) is 4. The third-order valence-electron chi connectivity index (χ3n) is 3.06. The van der Waals surface area contributed by atoms with Crippen LogP contribution in [0.5, 0.6) is 5.75 Å². The zero-order valence-corrected chi connectivity index (χ0v) is 12.4. The molecule has 0 fully saturated rings. The third-order valence-corrected chi connectivity index (χ3v) is 3.06. The Balaban J connectivity index is 3.17. The Hall–Kier alpha value is -1.55. The van der Waals surface area contributed by atoms with Crippen LogP contribution in [0.25, 0.3) is 0 Å². The summed E-state index contributed by atoms with van der Waals surface area (Å²) in [5, 5.41) is 0. The van der Waals surface area contributed by atoms with Crippen LogP contribution in [-0.4, -0.2) is 18.7 Å². The number of aryl methyl sites for hydroxylation is 2. The second-order valence-electron chi connectivity index (χ2n) is 5.06. The molecule has 0 spiro atoms. The van der Waals surface area contributed by atoms with Crippen LogP contribution in [-0.2, 0) is 22.5 Å². The molecule has 1 rings (SSSR count). The number of carbonyl (C=O) groups is 1. The SMILES string of the molecule is CCc1cc(CN)cc(C)c1OC(C)(C)C(=O)OC. The fourth-order valence-corrected chi connectivity index (χ4v) is 2.00. The van der Waals surface area contributed by atoms with Gasteiger partial charge < -0.3 is 15.2 Å². The smallest absolute Gasteiger partial charge is 0.349 e. The van der Waals surface area contributed by atoms with Crippen molar-refractivity contribution in [3.63, 3.8) is 0 Å². The summed E-state index contributed by atoms with van der Waals surface area (Å²) < 4.78 is 10.7. The molecule has 0 amide bonds. The van der Waals surface area contributed by atoms with Gasteiger partial charge in [0.05, 0.1) is 7.11 Å². The monoisotopic (exact) mass is 265 g/mol. The van der Waals surface area contributed by atoms with E-state index in [4.69, 9.17) is 15.2 Å². The van der Waals surface area contributed by atoms with Crippen LogP contribution in [0, 0.1) is 6.92 Å². The van der Waals surface area contributed by atoms with Gasteiger partial charge in [0, 0.05) is 6.54 Å². The lowest BCUT2D eigenvalue weighted by Gasteiger charge is -2.26. The molecule has 0 aliphatic heterocycles. The highest BCUT2D eigenvalue weighted by molar-refractivity contribution is 5.79. The molecule has 0 aliphatic rings. The summed E-state index contributed by atoms with van der Waals surface area (Å²) in [4.78, 5) is 11.7. The van der Waals surface area contributed by atoms with E-state index in [0.717, 1.165) is 28.9 Å². The third kappa shape index (κ3) is 3.47. The Bertz CT molecular complexity index is 467. The average Bonchev–Trinajstić information content (AvgIpc) is 2.39. The fourth-order valence-electron chi connectivity index (χ4n) is 2.00. The standard InChI is InChI=1S/C15H23NO3/c1-6-12-8-11(9-16)7-10(2)13(12)19-15(3,4)14(17)18-5/h7-8H,6,9,16H2,1-5H3. The number of esters is 1. The van der Waals surface area contributed by atoms with Crippen molar-refractivity contribution in [1.29, 1.82) is 0 Å². The molecular weight excluding hydrogens is 242 g/mol. The van der Waals surface area contributed by atoms with Gasteiger partial charge in [-0.15, -0.1) is 0 Å². The van der Waals surface area contributed by atoms with Crippen molar-refractivity contribution in [2.45, 2.75) is 46.3 Å². The van der Waals surface area contributed by atoms with Crippen molar-refractivity contribution in [2.24, 2.45) is 5.73 Å². The highest BCUT2D eigenvalue weighted by Gasteiger charge is 2.32. The molecule has 0 aliphatic carbocycles. The number of hydrogen-bond donors (Lipinski definition) is 1. The van der Waals surface area contributed by atoms with E-state index in [9.17, 15) is 4.79 Å². The molecule has 0 radical (unpaired) electrons. The van der Waals surface area contributed by atoms with Crippen molar-refractivity contribution in [3.8, 4) is 5.75 Å². The van der Waals surface area contributed by atoms with Gasteiger partial charge in [-0.25, -0.2) is 4.79 Å². The van der Waals surface area contributed by atoms with Crippen LogP contribution in [0.4, 0.5) is 0 Å². The number of ether oxygens (including phenoxy) is 2. The summed E-state index contributed by atoms with van der Waals surface area (Å²) in [6.07, 6.45) is 0.821. The maximum atomic E-state index is 11.7. The Labute approximate surface area is 114 Å². The summed E-state index contributed by atoms with van der Waals surface area (Å²) in [7, 11) is 1.36. The van der Waals surface area contributed by atoms with E-state index >= 15 is 0 Å². The van der Waals surface area contributed by atoms with E-state index in [1.54, 1.807) is 13.8 Å². The maximum Gasteiger partial charge on any atom is 0.349 e. The largest absolute Gasteiger partial charge is 0.476 e. The van der Waals surface area contributed by atoms with Gasteiger partial charge in [0.1, 0.15) is 5.75 Å². The lowest BCUT2D eigenvalue weighted by molar-refractivity contribution is -0.156. The number of nitrogens with two attached hydrogens (primary N) is 1. The minimum atomic E-state index is -1.01. The summed E-state index contributed by atoms with van der Waals surface area (Å²) in [5.74, 6) is 0.354. The van der Waals surface area contributed by atoms with E-state index in [2.05, 4.69) is 0 Å². The molecule has 0 unspecified atom stereocenters. The molecule has 0 heterocycles. The number of methoxy groups -OCH3 is 1. The predicted molar refractivity (Wildman–Crippen MR) is 75.2 cm³/mol. The molecule has 0 atom stereocenters. The lowest BCUT2D eigenvalue weighted by Crippen LogP contribution is -2.39. The molecular formula is C15H23NO3. The van der Waals surface area contributed by atoms with E-state index in [0.29, 0.717) is 6.54 Å². The minimum absolute atomic E-state index is 0.392. The average molecular weight is 265 g/mol. The van der Waals surface area contributed by atoms with Gasteiger partial charge in [-0.2, -0.15) is 0 Å². The Morgan fingerprint density at radius 1 is 1.37 bits per heavy atom. The first kappa shape index (κ1) is 15.5. The van der Waals surface area contributed by atoms with Gasteiger partial charge in [-0.05, 0) is 43.9 Å². The maximum absolute atomic E-state index is 11.7. The fraction of sp³-hybridized carbons (Fsp3) is 0.533. The van der Waals surface area contributed by atoms with E-state index in [-0.39, 0.29) is 0 Å². The first-order valence-corrected chi connectivity index (χ1v) is 6.45. The van der Waals surface area contributed by atoms with Crippen LogP contribution >= 0.6 is 0 Å². The molecule has 0 bridgehead atoms. The van der Waals surface area contributed by atoms with Crippen molar-refractivity contribution in [1.82, 2.24) is 0 Å². The Morgan fingerprint density at radius 3 is 2.47 bits per heavy atom. The highest BCUT2D eigenvalue weighted by atomic mass is 16.6. The summed E-state index contributed by atoms with van der Waals surface area (Å²) in [5.41, 5.74) is 7.77. The second-order valence-corrected chi connectivity index (χ2v) is 5.06. The molecule has 1 aromatic carbocycles. The zero-order chi connectivity index (χ0) is 14.6. The lowest BCUT2D eigenvalue weighted by atomic mass is 10.0. The molecule has 1 aromatic rings. The van der Waals surface area contributed by atoms with Gasteiger partial charge in [0.25, 0.3) is 0 Å². The molecule has 0 aromatic heterocycles. The van der Waals surface area contributed by atoms with Crippen molar-refractivity contribution < 1.29 is 14.3 Å². The zero-order valence-electron chi connectivity index (χ0n) is 12.4. The van der Waals surface area contributed by atoms with E-state index in [1.165, 1.54) is 7.11 Å². The van der Waals surface area contributed by atoms with Crippen LogP contribution in [0.2, 0.25) is 0 Å². The predicted octanol–water partition coefficient (Wildman–Crippen LogP) is 2.35. The summed E-state index contributed by atoms with van der Waals surface area (Å²) in [6, 6.07) is 4.01. The molecule has 2 N–H and O–H groups in total. The minimum Gasteiger partial charge on any atom is -0.476 e. The van der Waals surface area contributed by atoms with E-state index in [1.807, 2.05) is 26.0 Å². The molecule has 106 valence electrons. The van der Waals surface area contributed by atoms with Crippen LogP contribution < -0.4 is 10.5 Å². The summed E-state index contributed by atoms with van der Waals surface area (Å²) >= 11 is 0. The molecule has 4 heteroatoms. The van der Waals surface area contributed by atoms with Gasteiger partial charge in [-0.1, -0.05) is 19.1 Å². The topological polar surface area (TPSA) is 61.5 Å². The molecule has 0 saturated carbocycles. The van der Waals surface area contributed by atoms with Gasteiger partial charge in [0.2, 0.25) is 0 Å². The Morgan fingerprint density at radius 2 is 2.00 bits per heavy atom. The summed E-state index contributed by atoms with van der Waals surface area (Å²) in [6.45, 7) is 7.91. The number of benzene rings is 1. The quantitative estimate of drug-likeness (QED) is 0.830. The van der Waals surface area contributed by atoms with Gasteiger partial charge in [-0.3, -0.25) is 0 Å². The van der Waals surface area contributed by atoms with Crippen molar-refractivity contribution >= 4 is 5.97 Å². The Kier molecular flexibility index (Phi) is 4.95. The van der Waals surface area contributed by atoms with Gasteiger partial charge in [0.15, 0.2) is 5.60 Å². The van der Waals surface area contributed by atoms with Crippen molar-refractivity contribution in [3.05, 3.63) is 28.8 Å². The first-order valence-electron chi connectivity index (χ1n) is 6.45. The molecule has 19 heavy (non-hydrogen) atoms. The second kappa shape index (κ2) is 6.06. The van der Waals surface area contributed by atoms with E-state index < -0.39 is 11.6 Å². The van der Waals surface area contributed by atoms with Crippen LogP contribution in [0.15, 0.2) is 12.1 Å². The number of carbonyl (C=O) groups excluding carboxylic acids is 1. The molecule has 4 nitrogen and oxygen atoms in total. The van der Waals surface area contributed by atoms with Crippen molar-refractivity contribution in [2.75, 3.05) is 7.11 Å². The number of rotatable bonds is 5. The first-order chi connectivity index (χ1) is 8.85. The van der Waals surface area contributed by atoms with Crippen LogP contribution in [0.3, 0.4) is 0 Å². The normalized spacial score (nSPS) is 11.3.